The van der Waals surface area contributed by atoms with Gasteiger partial charge < -0.3 is 14.4 Å². The van der Waals surface area contributed by atoms with Gasteiger partial charge in [0.1, 0.15) is 29.9 Å². The van der Waals surface area contributed by atoms with Crippen molar-refractivity contribution < 1.29 is 9.47 Å². The van der Waals surface area contributed by atoms with Crippen molar-refractivity contribution >= 4 is 21.9 Å². The molecule has 0 N–H and O–H groups in total. The van der Waals surface area contributed by atoms with Gasteiger partial charge in [-0.2, -0.15) is 5.26 Å². The minimum atomic E-state index is 0.384. The molecule has 1 aliphatic rings. The first-order valence-electron chi connectivity index (χ1n) is 10.3. The lowest BCUT2D eigenvalue weighted by Crippen LogP contribution is -2.34. The van der Waals surface area contributed by atoms with Crippen molar-refractivity contribution in [2.45, 2.75) is 32.9 Å². The summed E-state index contributed by atoms with van der Waals surface area (Å²) >= 11 is 0. The van der Waals surface area contributed by atoms with Crippen LogP contribution in [0.5, 0.6) is 5.75 Å². The fraction of sp³-hybridized carbons (Fsp3) is 0.500. The van der Waals surface area contributed by atoms with Gasteiger partial charge in [-0.05, 0) is 45.0 Å². The van der Waals surface area contributed by atoms with Gasteiger partial charge in [-0.15, -0.1) is 0 Å². The number of rotatable bonds is 7. The lowest BCUT2D eigenvalue weighted by atomic mass is 9.99. The van der Waals surface area contributed by atoms with Gasteiger partial charge in [0.15, 0.2) is 0 Å². The van der Waals surface area contributed by atoms with Crippen LogP contribution in [0.3, 0.4) is 0 Å². The summed E-state index contributed by atoms with van der Waals surface area (Å²) in [5.74, 6) is 1.33. The van der Waals surface area contributed by atoms with E-state index in [9.17, 15) is 5.26 Å². The first kappa shape index (κ1) is 19.6. The standard InChI is InChI=1S/C22H27N5O2/c1-3-9-28-15-27-19-12-25-17(11-23)10-18(19)21-20(6-7-24-22(21)27)29-14-16-5-4-8-26(2)13-16/h6-7,10,12,16H,3-5,8-9,13-15H2,1-2H3/t16-/m1/s1. The number of piperidine rings is 1. The zero-order chi connectivity index (χ0) is 20.2. The van der Waals surface area contributed by atoms with Crippen molar-refractivity contribution in [1.29, 1.82) is 5.26 Å². The molecule has 0 saturated carbocycles. The fourth-order valence-corrected chi connectivity index (χ4v) is 4.10. The first-order valence-corrected chi connectivity index (χ1v) is 10.3. The Bertz CT molecular complexity index is 1040. The van der Waals surface area contributed by atoms with Crippen LogP contribution in [0.4, 0.5) is 0 Å². The van der Waals surface area contributed by atoms with Gasteiger partial charge >= 0.3 is 0 Å². The molecule has 4 heterocycles. The van der Waals surface area contributed by atoms with Gasteiger partial charge in [-0.1, -0.05) is 6.92 Å². The van der Waals surface area contributed by atoms with Crippen LogP contribution in [0.15, 0.2) is 24.5 Å². The normalized spacial score (nSPS) is 17.6. The van der Waals surface area contributed by atoms with Crippen LogP contribution in [0.25, 0.3) is 21.9 Å². The van der Waals surface area contributed by atoms with E-state index in [0.29, 0.717) is 31.6 Å². The summed E-state index contributed by atoms with van der Waals surface area (Å²) in [4.78, 5) is 11.2. The van der Waals surface area contributed by atoms with E-state index in [2.05, 4.69) is 34.9 Å². The second-order valence-electron chi connectivity index (χ2n) is 7.75. The largest absolute Gasteiger partial charge is 0.492 e. The van der Waals surface area contributed by atoms with E-state index in [-0.39, 0.29) is 0 Å². The third-order valence-corrected chi connectivity index (χ3v) is 5.47. The summed E-state index contributed by atoms with van der Waals surface area (Å²) in [6, 6.07) is 5.87. The third-order valence-electron chi connectivity index (χ3n) is 5.47. The molecule has 152 valence electrons. The predicted octanol–water partition coefficient (Wildman–Crippen LogP) is 3.56. The summed E-state index contributed by atoms with van der Waals surface area (Å²) in [6.45, 7) is 6.05. The number of pyridine rings is 2. The molecule has 7 heteroatoms. The predicted molar refractivity (Wildman–Crippen MR) is 112 cm³/mol. The van der Waals surface area contributed by atoms with Crippen molar-refractivity contribution in [3.05, 3.63) is 30.2 Å². The Morgan fingerprint density at radius 3 is 3.03 bits per heavy atom. The lowest BCUT2D eigenvalue weighted by molar-refractivity contribution is 0.0826. The van der Waals surface area contributed by atoms with Crippen LogP contribution in [-0.2, 0) is 11.5 Å². The zero-order valence-electron chi connectivity index (χ0n) is 17.1. The highest BCUT2D eigenvalue weighted by atomic mass is 16.5. The van der Waals surface area contributed by atoms with E-state index in [4.69, 9.17) is 9.47 Å². The van der Waals surface area contributed by atoms with E-state index in [1.54, 1.807) is 12.4 Å². The molecule has 0 aromatic carbocycles. The van der Waals surface area contributed by atoms with Gasteiger partial charge in [0.25, 0.3) is 0 Å². The Labute approximate surface area is 170 Å². The molecule has 0 aliphatic carbocycles. The van der Waals surface area contributed by atoms with Crippen molar-refractivity contribution in [3.63, 3.8) is 0 Å². The number of hydrogen-bond acceptors (Lipinski definition) is 6. The van der Waals surface area contributed by atoms with E-state index < -0.39 is 0 Å². The molecule has 7 nitrogen and oxygen atoms in total. The maximum absolute atomic E-state index is 9.32. The van der Waals surface area contributed by atoms with Gasteiger partial charge in [0.2, 0.25) is 0 Å². The maximum atomic E-state index is 9.32. The number of hydrogen-bond donors (Lipinski definition) is 0. The van der Waals surface area contributed by atoms with Crippen LogP contribution in [0.2, 0.25) is 0 Å². The van der Waals surface area contributed by atoms with Gasteiger partial charge in [0, 0.05) is 30.7 Å². The van der Waals surface area contributed by atoms with Crippen molar-refractivity contribution in [1.82, 2.24) is 19.4 Å². The highest BCUT2D eigenvalue weighted by Crippen LogP contribution is 2.35. The lowest BCUT2D eigenvalue weighted by Gasteiger charge is -2.29. The smallest absolute Gasteiger partial charge is 0.146 e. The van der Waals surface area contributed by atoms with Crippen LogP contribution >= 0.6 is 0 Å². The molecule has 1 saturated heterocycles. The van der Waals surface area contributed by atoms with Crippen molar-refractivity contribution in [2.24, 2.45) is 5.92 Å². The van der Waals surface area contributed by atoms with Crippen LogP contribution in [-0.4, -0.2) is 52.8 Å². The topological polar surface area (TPSA) is 76.2 Å². The Hall–Kier alpha value is -2.69. The van der Waals surface area contributed by atoms with E-state index in [0.717, 1.165) is 47.2 Å². The molecule has 3 aromatic heterocycles. The van der Waals surface area contributed by atoms with Crippen LogP contribution < -0.4 is 4.74 Å². The monoisotopic (exact) mass is 393 g/mol. The number of aromatic nitrogens is 3. The second kappa shape index (κ2) is 8.76. The number of nitriles is 1. The van der Waals surface area contributed by atoms with E-state index in [1.807, 2.05) is 16.7 Å². The SMILES string of the molecule is CCCOCn1c2cnc(C#N)cc2c2c(OC[C@@H]3CCCN(C)C3)ccnc21. The van der Waals surface area contributed by atoms with Gasteiger partial charge in [0.05, 0.1) is 23.7 Å². The molecule has 0 amide bonds. The Kier molecular flexibility index (Phi) is 5.93. The highest BCUT2D eigenvalue weighted by Gasteiger charge is 2.20. The number of fused-ring (bicyclic) bond motifs is 3. The van der Waals surface area contributed by atoms with Crippen molar-refractivity contribution in [2.75, 3.05) is 33.4 Å². The Morgan fingerprint density at radius 2 is 2.24 bits per heavy atom. The molecule has 1 aliphatic heterocycles. The molecule has 1 fully saturated rings. The molecule has 0 bridgehead atoms. The maximum Gasteiger partial charge on any atom is 0.146 e. The van der Waals surface area contributed by atoms with Crippen LogP contribution in [0, 0.1) is 17.2 Å². The Morgan fingerprint density at radius 1 is 1.34 bits per heavy atom. The molecular formula is C22H27N5O2. The minimum Gasteiger partial charge on any atom is -0.492 e. The van der Waals surface area contributed by atoms with E-state index in [1.165, 1.54) is 12.8 Å². The van der Waals surface area contributed by atoms with Gasteiger partial charge in [-0.3, -0.25) is 4.57 Å². The fourth-order valence-electron chi connectivity index (χ4n) is 4.10. The molecule has 1 atom stereocenters. The average Bonchev–Trinajstić information content (AvgIpc) is 3.06. The Balaban J connectivity index is 1.73. The molecule has 29 heavy (non-hydrogen) atoms. The number of likely N-dealkylation sites (tertiary alicyclic amines) is 1. The molecule has 0 spiro atoms. The first-order chi connectivity index (χ1) is 14.2. The quantitative estimate of drug-likeness (QED) is 0.571. The summed E-state index contributed by atoms with van der Waals surface area (Å²) < 4.78 is 14.1. The summed E-state index contributed by atoms with van der Waals surface area (Å²) in [7, 11) is 2.16. The molecular weight excluding hydrogens is 366 g/mol. The summed E-state index contributed by atoms with van der Waals surface area (Å²) in [5, 5.41) is 11.2. The second-order valence-corrected chi connectivity index (χ2v) is 7.75. The summed E-state index contributed by atoms with van der Waals surface area (Å²) in [5.41, 5.74) is 2.08. The van der Waals surface area contributed by atoms with Crippen LogP contribution in [0.1, 0.15) is 31.9 Å². The van der Waals surface area contributed by atoms with E-state index >= 15 is 0 Å². The highest BCUT2D eigenvalue weighted by molar-refractivity contribution is 6.09. The molecule has 3 aromatic rings. The summed E-state index contributed by atoms with van der Waals surface area (Å²) in [6.07, 6.45) is 6.85. The van der Waals surface area contributed by atoms with Gasteiger partial charge in [-0.25, -0.2) is 9.97 Å². The zero-order valence-corrected chi connectivity index (χ0v) is 17.1. The number of ether oxygens (including phenoxy) is 2. The van der Waals surface area contributed by atoms with Crippen molar-refractivity contribution in [3.8, 4) is 11.8 Å². The third kappa shape index (κ3) is 4.04. The average molecular weight is 393 g/mol. The number of nitrogens with zero attached hydrogens (tertiary/aromatic N) is 5. The molecule has 0 radical (unpaired) electrons. The molecule has 4 rings (SSSR count). The molecule has 0 unspecified atom stereocenters. The minimum absolute atomic E-state index is 0.384.